The molecule has 0 saturated carbocycles. The van der Waals surface area contributed by atoms with Gasteiger partial charge in [0, 0.05) is 22.7 Å². The summed E-state index contributed by atoms with van der Waals surface area (Å²) in [5.74, 6) is 0.241. The summed E-state index contributed by atoms with van der Waals surface area (Å²) in [7, 11) is 2.06. The molecule has 0 radical (unpaired) electrons. The summed E-state index contributed by atoms with van der Waals surface area (Å²) >= 11 is 0. The molecule has 0 bridgehead atoms. The summed E-state index contributed by atoms with van der Waals surface area (Å²) < 4.78 is 0. The second-order valence-corrected chi connectivity index (χ2v) is 5.91. The molecule has 2 aromatic carbocycles. The Bertz CT molecular complexity index is 1120. The smallest absolute Gasteiger partial charge is 0.220 e. The number of nitrogens with zero attached hydrogens (tertiary/aromatic N) is 3. The fourth-order valence-electron chi connectivity index (χ4n) is 3.01. The van der Waals surface area contributed by atoms with Crippen molar-refractivity contribution in [2.45, 2.75) is 0 Å². The number of anilines is 1. The molecule has 0 aliphatic heterocycles. The van der Waals surface area contributed by atoms with E-state index in [2.05, 4.69) is 47.1 Å². The zero-order chi connectivity index (χ0) is 17.4. The molecule has 0 atom stereocenters. The number of nitriles is 1. The van der Waals surface area contributed by atoms with Gasteiger partial charge in [0.05, 0.1) is 23.0 Å². The van der Waals surface area contributed by atoms with Crippen LogP contribution in [0.2, 0.25) is 0 Å². The van der Waals surface area contributed by atoms with Crippen LogP contribution in [-0.2, 0) is 0 Å². The number of nitrogens with two attached hydrogens (primary N) is 1. The van der Waals surface area contributed by atoms with Gasteiger partial charge in [-0.15, -0.1) is 0 Å². The van der Waals surface area contributed by atoms with Crippen molar-refractivity contribution in [1.29, 1.82) is 5.26 Å². The first kappa shape index (κ1) is 15.0. The summed E-state index contributed by atoms with van der Waals surface area (Å²) in [6.07, 6.45) is 1.66. The fraction of sp³-hybridized carbons (Fsp3) is 0. The molecule has 0 amide bonds. The van der Waals surface area contributed by atoms with E-state index in [0.29, 0.717) is 5.56 Å². The summed E-state index contributed by atoms with van der Waals surface area (Å²) in [5.41, 5.74) is 12.3. The molecule has 0 saturated heterocycles. The molecule has 0 spiro atoms. The topological polar surface area (TPSA) is 91.4 Å². The molecule has 4 rings (SSSR count). The first-order valence-corrected chi connectivity index (χ1v) is 7.87. The Hall–Kier alpha value is -3.59. The van der Waals surface area contributed by atoms with Crippen molar-refractivity contribution in [3.8, 4) is 28.6 Å². The van der Waals surface area contributed by atoms with Crippen molar-refractivity contribution in [1.82, 2.24) is 15.0 Å². The number of benzene rings is 2. The van der Waals surface area contributed by atoms with Gasteiger partial charge in [-0.1, -0.05) is 29.7 Å². The lowest BCUT2D eigenvalue weighted by Crippen LogP contribution is -2.00. The number of nitrogens with one attached hydrogen (secondary N) is 1. The van der Waals surface area contributed by atoms with Gasteiger partial charge in [-0.25, -0.2) is 9.97 Å². The van der Waals surface area contributed by atoms with Crippen molar-refractivity contribution >= 4 is 30.2 Å². The summed E-state index contributed by atoms with van der Waals surface area (Å²) in [4.78, 5) is 11.9. The van der Waals surface area contributed by atoms with Crippen LogP contribution in [-0.4, -0.2) is 22.8 Å². The quantitative estimate of drug-likeness (QED) is 0.552. The third kappa shape index (κ3) is 2.62. The lowest BCUT2D eigenvalue weighted by molar-refractivity contribution is 1.19. The van der Waals surface area contributed by atoms with Crippen LogP contribution >= 0.6 is 0 Å². The molecule has 2 heterocycles. The molecule has 0 aliphatic carbocycles. The van der Waals surface area contributed by atoms with Crippen LogP contribution < -0.4 is 11.2 Å². The SMILES string of the molecule is Bc1ccc2[nH]c(-c3ccc(C#N)cc3)c(-c3ccnc(N)n3)c2c1. The number of hydrogen-bond donors (Lipinski definition) is 2. The molecule has 0 unspecified atom stereocenters. The molecule has 118 valence electrons. The molecule has 6 heteroatoms. The molecule has 0 fully saturated rings. The molecule has 25 heavy (non-hydrogen) atoms. The van der Waals surface area contributed by atoms with Gasteiger partial charge in [0.25, 0.3) is 0 Å². The van der Waals surface area contributed by atoms with Crippen molar-refractivity contribution < 1.29 is 0 Å². The van der Waals surface area contributed by atoms with Gasteiger partial charge in [0.1, 0.15) is 7.85 Å². The van der Waals surface area contributed by atoms with Crippen molar-refractivity contribution in [3.63, 3.8) is 0 Å². The number of aromatic amines is 1. The van der Waals surface area contributed by atoms with Gasteiger partial charge in [-0.3, -0.25) is 0 Å². The highest BCUT2D eigenvalue weighted by Crippen LogP contribution is 2.37. The van der Waals surface area contributed by atoms with Crippen LogP contribution in [0.25, 0.3) is 33.4 Å². The van der Waals surface area contributed by atoms with E-state index in [9.17, 15) is 0 Å². The Kier molecular flexibility index (Phi) is 3.48. The lowest BCUT2D eigenvalue weighted by Gasteiger charge is -2.06. The average Bonchev–Trinajstić information content (AvgIpc) is 3.00. The van der Waals surface area contributed by atoms with Crippen LogP contribution in [0.1, 0.15) is 5.56 Å². The van der Waals surface area contributed by atoms with E-state index in [1.54, 1.807) is 6.20 Å². The maximum absolute atomic E-state index is 9.02. The van der Waals surface area contributed by atoms with Crippen LogP contribution in [0.5, 0.6) is 0 Å². The van der Waals surface area contributed by atoms with E-state index in [4.69, 9.17) is 11.0 Å². The van der Waals surface area contributed by atoms with Gasteiger partial charge in [0.2, 0.25) is 5.95 Å². The van der Waals surface area contributed by atoms with Crippen molar-refractivity contribution in [2.24, 2.45) is 0 Å². The summed E-state index contributed by atoms with van der Waals surface area (Å²) in [6, 6.07) is 17.8. The monoisotopic (exact) mass is 323 g/mol. The fourth-order valence-corrected chi connectivity index (χ4v) is 3.01. The Morgan fingerprint density at radius 1 is 1.08 bits per heavy atom. The van der Waals surface area contributed by atoms with E-state index < -0.39 is 0 Å². The molecule has 3 N–H and O–H groups in total. The number of H-pyrrole nitrogens is 1. The molecule has 5 nitrogen and oxygen atoms in total. The van der Waals surface area contributed by atoms with E-state index in [-0.39, 0.29) is 5.95 Å². The largest absolute Gasteiger partial charge is 0.368 e. The molecule has 4 aromatic rings. The highest BCUT2D eigenvalue weighted by Gasteiger charge is 2.16. The predicted octanol–water partition coefficient (Wildman–Crippen LogP) is 2.00. The van der Waals surface area contributed by atoms with Crippen LogP contribution in [0.15, 0.2) is 54.7 Å². The van der Waals surface area contributed by atoms with Crippen molar-refractivity contribution in [2.75, 3.05) is 5.73 Å². The zero-order valence-corrected chi connectivity index (χ0v) is 13.6. The number of fused-ring (bicyclic) bond motifs is 1. The predicted molar refractivity (Wildman–Crippen MR) is 102 cm³/mol. The average molecular weight is 323 g/mol. The molecular formula is C19H14BN5. The van der Waals surface area contributed by atoms with E-state index in [0.717, 1.165) is 33.4 Å². The van der Waals surface area contributed by atoms with Crippen LogP contribution in [0.4, 0.5) is 5.95 Å². The minimum absolute atomic E-state index is 0.241. The van der Waals surface area contributed by atoms with E-state index in [1.807, 2.05) is 30.3 Å². The maximum Gasteiger partial charge on any atom is 0.220 e. The lowest BCUT2D eigenvalue weighted by atomic mass is 9.93. The van der Waals surface area contributed by atoms with Gasteiger partial charge < -0.3 is 10.7 Å². The Morgan fingerprint density at radius 3 is 2.60 bits per heavy atom. The third-order valence-electron chi connectivity index (χ3n) is 4.19. The van der Waals surface area contributed by atoms with Gasteiger partial charge in [-0.2, -0.15) is 5.26 Å². The standard InChI is InChI=1S/C19H14BN5/c20-13-5-6-15-14(9-13)17(16-7-8-23-19(22)25-16)18(24-15)12-3-1-11(10-21)2-4-12/h1-9,24H,20H2,(H2,22,23,25). The van der Waals surface area contributed by atoms with E-state index in [1.165, 1.54) is 5.46 Å². The van der Waals surface area contributed by atoms with Crippen LogP contribution in [0, 0.1) is 11.3 Å². The zero-order valence-electron chi connectivity index (χ0n) is 13.6. The highest BCUT2D eigenvalue weighted by atomic mass is 15.0. The second-order valence-electron chi connectivity index (χ2n) is 5.91. The van der Waals surface area contributed by atoms with Gasteiger partial charge in [0.15, 0.2) is 0 Å². The maximum atomic E-state index is 9.02. The molecular weight excluding hydrogens is 309 g/mol. The van der Waals surface area contributed by atoms with Crippen LogP contribution in [0.3, 0.4) is 0 Å². The first-order chi connectivity index (χ1) is 12.2. The minimum Gasteiger partial charge on any atom is -0.368 e. The number of rotatable bonds is 2. The summed E-state index contributed by atoms with van der Waals surface area (Å²) in [6.45, 7) is 0. The Balaban J connectivity index is 2.03. The second kappa shape index (κ2) is 5.80. The van der Waals surface area contributed by atoms with E-state index >= 15 is 0 Å². The number of nitrogen functional groups attached to an aromatic ring is 1. The van der Waals surface area contributed by atoms with Gasteiger partial charge in [-0.05, 0) is 29.8 Å². The number of aromatic nitrogens is 3. The Labute approximate surface area is 145 Å². The molecule has 0 aliphatic rings. The minimum atomic E-state index is 0.241. The molecule has 2 aromatic heterocycles. The highest BCUT2D eigenvalue weighted by molar-refractivity contribution is 6.33. The van der Waals surface area contributed by atoms with Gasteiger partial charge >= 0.3 is 0 Å². The van der Waals surface area contributed by atoms with Crippen molar-refractivity contribution in [3.05, 3.63) is 60.3 Å². The third-order valence-corrected chi connectivity index (χ3v) is 4.19. The Morgan fingerprint density at radius 2 is 1.88 bits per heavy atom. The summed E-state index contributed by atoms with van der Waals surface area (Å²) in [5, 5.41) is 10.1. The number of hydrogen-bond acceptors (Lipinski definition) is 4. The normalized spacial score (nSPS) is 10.7. The first-order valence-electron chi connectivity index (χ1n) is 7.87.